The second kappa shape index (κ2) is 6.92. The summed E-state index contributed by atoms with van der Waals surface area (Å²) in [6.45, 7) is 1.59. The van der Waals surface area contributed by atoms with Gasteiger partial charge in [-0.1, -0.05) is 42.5 Å². The lowest BCUT2D eigenvalue weighted by atomic mass is 9.93. The first-order chi connectivity index (χ1) is 12.7. The molecule has 2 aliphatic rings. The highest BCUT2D eigenvalue weighted by atomic mass is 16.2. The number of nitrogens with one attached hydrogen (secondary N) is 1. The number of benzene rings is 2. The average molecular weight is 349 g/mol. The molecular weight excluding hydrogens is 326 g/mol. The minimum absolute atomic E-state index is 0.0332. The molecule has 134 valence electrons. The van der Waals surface area contributed by atoms with E-state index in [0.29, 0.717) is 19.5 Å². The number of rotatable bonds is 3. The largest absolute Gasteiger partial charge is 0.358 e. The fraction of sp³-hybridized carbons (Fsp3) is 0.333. The Labute approximate surface area is 153 Å². The number of amides is 2. The zero-order chi connectivity index (χ0) is 18.1. The van der Waals surface area contributed by atoms with Crippen LogP contribution >= 0.6 is 0 Å². The SMILES string of the molecule is CNC(=O)C1Cc2ccccc2CN1CC(=O)N1CCc2ccccc21. The van der Waals surface area contributed by atoms with Crippen molar-refractivity contribution in [2.24, 2.45) is 0 Å². The lowest BCUT2D eigenvalue weighted by Crippen LogP contribution is -2.52. The molecule has 5 nitrogen and oxygen atoms in total. The van der Waals surface area contributed by atoms with E-state index in [-0.39, 0.29) is 24.4 Å². The fourth-order valence-corrected chi connectivity index (χ4v) is 4.02. The van der Waals surface area contributed by atoms with E-state index in [2.05, 4.69) is 23.5 Å². The maximum absolute atomic E-state index is 13.0. The maximum atomic E-state index is 13.0. The van der Waals surface area contributed by atoms with Crippen molar-refractivity contribution in [2.45, 2.75) is 25.4 Å². The van der Waals surface area contributed by atoms with Gasteiger partial charge in [0.05, 0.1) is 12.6 Å². The van der Waals surface area contributed by atoms with Crippen molar-refractivity contribution >= 4 is 17.5 Å². The van der Waals surface area contributed by atoms with Crippen molar-refractivity contribution in [1.29, 1.82) is 0 Å². The second-order valence-electron chi connectivity index (χ2n) is 6.93. The predicted octanol–water partition coefficient (Wildman–Crippen LogP) is 1.75. The highest BCUT2D eigenvalue weighted by Gasteiger charge is 2.34. The first-order valence-electron chi connectivity index (χ1n) is 9.08. The fourth-order valence-electron chi connectivity index (χ4n) is 4.02. The molecule has 0 spiro atoms. The van der Waals surface area contributed by atoms with Crippen molar-refractivity contribution in [3.8, 4) is 0 Å². The van der Waals surface area contributed by atoms with Crippen molar-refractivity contribution in [3.05, 3.63) is 65.2 Å². The molecule has 1 atom stereocenters. The first kappa shape index (κ1) is 16.8. The quantitative estimate of drug-likeness (QED) is 0.919. The van der Waals surface area contributed by atoms with Gasteiger partial charge in [0.25, 0.3) is 0 Å². The van der Waals surface area contributed by atoms with Crippen molar-refractivity contribution in [3.63, 3.8) is 0 Å². The van der Waals surface area contributed by atoms with Gasteiger partial charge in [-0.15, -0.1) is 0 Å². The third kappa shape index (κ3) is 2.99. The van der Waals surface area contributed by atoms with Crippen LogP contribution in [0.4, 0.5) is 5.69 Å². The Morgan fingerprint density at radius 1 is 1.04 bits per heavy atom. The molecule has 0 bridgehead atoms. The molecule has 1 N–H and O–H groups in total. The Kier molecular flexibility index (Phi) is 4.47. The number of hydrogen-bond donors (Lipinski definition) is 1. The van der Waals surface area contributed by atoms with Crippen LogP contribution in [0.25, 0.3) is 0 Å². The Balaban J connectivity index is 1.56. The van der Waals surface area contributed by atoms with Crippen LogP contribution in [0.15, 0.2) is 48.5 Å². The van der Waals surface area contributed by atoms with Crippen LogP contribution in [0.1, 0.15) is 16.7 Å². The minimum Gasteiger partial charge on any atom is -0.358 e. The number of likely N-dealkylation sites (N-methyl/N-ethyl adjacent to an activating group) is 1. The van der Waals surface area contributed by atoms with Gasteiger partial charge in [-0.2, -0.15) is 0 Å². The first-order valence-corrected chi connectivity index (χ1v) is 9.08. The smallest absolute Gasteiger partial charge is 0.241 e. The van der Waals surface area contributed by atoms with Crippen LogP contribution < -0.4 is 10.2 Å². The molecule has 2 heterocycles. The Morgan fingerprint density at radius 2 is 1.73 bits per heavy atom. The molecule has 0 aliphatic carbocycles. The molecule has 0 saturated heterocycles. The maximum Gasteiger partial charge on any atom is 0.241 e. The van der Waals surface area contributed by atoms with Gasteiger partial charge in [-0.05, 0) is 35.6 Å². The van der Waals surface area contributed by atoms with Gasteiger partial charge in [-0.3, -0.25) is 14.5 Å². The number of hydrogen-bond acceptors (Lipinski definition) is 3. The van der Waals surface area contributed by atoms with Gasteiger partial charge in [0.2, 0.25) is 11.8 Å². The number of anilines is 1. The molecule has 0 fully saturated rings. The van der Waals surface area contributed by atoms with Gasteiger partial charge in [0, 0.05) is 25.8 Å². The monoisotopic (exact) mass is 349 g/mol. The summed E-state index contributed by atoms with van der Waals surface area (Å²) >= 11 is 0. The normalized spacial score (nSPS) is 19.0. The van der Waals surface area contributed by atoms with E-state index in [1.54, 1.807) is 7.05 Å². The van der Waals surface area contributed by atoms with Crippen LogP contribution in [0.2, 0.25) is 0 Å². The van der Waals surface area contributed by atoms with E-state index in [4.69, 9.17) is 0 Å². The van der Waals surface area contributed by atoms with Gasteiger partial charge < -0.3 is 10.2 Å². The molecule has 2 aromatic carbocycles. The molecule has 2 aromatic rings. The standard InChI is InChI=1S/C21H23N3O2/c1-22-21(26)19-12-16-7-2-3-8-17(16)13-23(19)14-20(25)24-11-10-15-6-4-5-9-18(15)24/h2-9,19H,10-14H2,1H3,(H,22,26). The van der Waals surface area contributed by atoms with E-state index in [9.17, 15) is 9.59 Å². The Bertz CT molecular complexity index is 849. The summed E-state index contributed by atoms with van der Waals surface area (Å²) in [7, 11) is 1.65. The summed E-state index contributed by atoms with van der Waals surface area (Å²) in [6, 6.07) is 15.9. The number of carbonyl (C=O) groups is 2. The predicted molar refractivity (Wildman–Crippen MR) is 101 cm³/mol. The van der Waals surface area contributed by atoms with E-state index < -0.39 is 0 Å². The number of nitrogens with zero attached hydrogens (tertiary/aromatic N) is 2. The van der Waals surface area contributed by atoms with E-state index in [1.165, 1.54) is 16.7 Å². The van der Waals surface area contributed by atoms with E-state index in [0.717, 1.165) is 12.1 Å². The van der Waals surface area contributed by atoms with Crippen molar-refractivity contribution in [2.75, 3.05) is 25.0 Å². The Morgan fingerprint density at radius 3 is 2.50 bits per heavy atom. The summed E-state index contributed by atoms with van der Waals surface area (Å²) in [5.74, 6) is 0.0253. The summed E-state index contributed by atoms with van der Waals surface area (Å²) in [4.78, 5) is 29.3. The molecule has 0 radical (unpaired) electrons. The van der Waals surface area contributed by atoms with Gasteiger partial charge >= 0.3 is 0 Å². The molecule has 2 amide bonds. The number of para-hydroxylation sites is 1. The van der Waals surface area contributed by atoms with Crippen LogP contribution in [0.5, 0.6) is 0 Å². The summed E-state index contributed by atoms with van der Waals surface area (Å²) in [6.07, 6.45) is 1.53. The van der Waals surface area contributed by atoms with Gasteiger partial charge in [0.1, 0.15) is 0 Å². The van der Waals surface area contributed by atoms with Gasteiger partial charge in [0.15, 0.2) is 0 Å². The minimum atomic E-state index is -0.309. The van der Waals surface area contributed by atoms with Crippen LogP contribution in [-0.2, 0) is 29.0 Å². The lowest BCUT2D eigenvalue weighted by molar-refractivity contribution is -0.128. The Hall–Kier alpha value is -2.66. The van der Waals surface area contributed by atoms with Crippen LogP contribution in [0.3, 0.4) is 0 Å². The molecule has 0 saturated carbocycles. The molecule has 1 unspecified atom stereocenters. The average Bonchev–Trinajstić information content (AvgIpc) is 3.11. The third-order valence-electron chi connectivity index (χ3n) is 5.42. The number of carbonyl (C=O) groups excluding carboxylic acids is 2. The molecule has 0 aromatic heterocycles. The molecule has 5 heteroatoms. The highest BCUT2D eigenvalue weighted by molar-refractivity contribution is 5.97. The zero-order valence-corrected chi connectivity index (χ0v) is 14.9. The molecular formula is C21H23N3O2. The van der Waals surface area contributed by atoms with E-state index in [1.807, 2.05) is 40.1 Å². The second-order valence-corrected chi connectivity index (χ2v) is 6.93. The molecule has 2 aliphatic heterocycles. The van der Waals surface area contributed by atoms with Crippen LogP contribution in [0, 0.1) is 0 Å². The highest BCUT2D eigenvalue weighted by Crippen LogP contribution is 2.29. The van der Waals surface area contributed by atoms with Crippen LogP contribution in [-0.4, -0.2) is 42.9 Å². The summed E-state index contributed by atoms with van der Waals surface area (Å²) in [5.41, 5.74) is 4.61. The lowest BCUT2D eigenvalue weighted by Gasteiger charge is -2.36. The van der Waals surface area contributed by atoms with Crippen molar-refractivity contribution in [1.82, 2.24) is 10.2 Å². The van der Waals surface area contributed by atoms with E-state index >= 15 is 0 Å². The third-order valence-corrected chi connectivity index (χ3v) is 5.42. The van der Waals surface area contributed by atoms with Gasteiger partial charge in [-0.25, -0.2) is 0 Å². The summed E-state index contributed by atoms with van der Waals surface area (Å²) < 4.78 is 0. The molecule has 26 heavy (non-hydrogen) atoms. The number of fused-ring (bicyclic) bond motifs is 2. The summed E-state index contributed by atoms with van der Waals surface area (Å²) in [5, 5.41) is 2.75. The molecule has 4 rings (SSSR count). The zero-order valence-electron chi connectivity index (χ0n) is 14.9. The van der Waals surface area contributed by atoms with Crippen molar-refractivity contribution < 1.29 is 9.59 Å². The topological polar surface area (TPSA) is 52.7 Å².